The summed E-state index contributed by atoms with van der Waals surface area (Å²) in [5.74, 6) is 0.920. The van der Waals surface area contributed by atoms with Crippen molar-refractivity contribution in [1.82, 2.24) is 14.1 Å². The second kappa shape index (κ2) is 10.5. The maximum Gasteiger partial charge on any atom is 0.320 e. The lowest BCUT2D eigenvalue weighted by Gasteiger charge is -2.35. The van der Waals surface area contributed by atoms with Crippen molar-refractivity contribution in [3.8, 4) is 5.75 Å². The first-order valence-corrected chi connectivity index (χ1v) is 14.3. The fourth-order valence-corrected chi connectivity index (χ4v) is 6.08. The van der Waals surface area contributed by atoms with Crippen molar-refractivity contribution >= 4 is 39.3 Å². The van der Waals surface area contributed by atoms with Crippen LogP contribution in [0.3, 0.4) is 0 Å². The molecular formula is C25H31Cl2N3O4S. The van der Waals surface area contributed by atoms with E-state index in [1.54, 1.807) is 11.0 Å². The van der Waals surface area contributed by atoms with Gasteiger partial charge in [-0.05, 0) is 54.8 Å². The Morgan fingerprint density at radius 3 is 2.20 bits per heavy atom. The van der Waals surface area contributed by atoms with E-state index in [-0.39, 0.29) is 17.9 Å². The third kappa shape index (κ3) is 6.23. The Labute approximate surface area is 217 Å². The molecule has 2 aliphatic heterocycles. The molecule has 0 aliphatic carbocycles. The van der Waals surface area contributed by atoms with Crippen molar-refractivity contribution in [2.24, 2.45) is 5.92 Å². The van der Waals surface area contributed by atoms with Crippen molar-refractivity contribution < 1.29 is 17.9 Å². The van der Waals surface area contributed by atoms with Gasteiger partial charge in [-0.1, -0.05) is 35.3 Å². The zero-order valence-electron chi connectivity index (χ0n) is 20.2. The summed E-state index contributed by atoms with van der Waals surface area (Å²) in [5.41, 5.74) is 3.29. The van der Waals surface area contributed by atoms with Gasteiger partial charge in [0, 0.05) is 51.1 Å². The minimum atomic E-state index is -3.25. The van der Waals surface area contributed by atoms with Gasteiger partial charge < -0.3 is 14.5 Å². The second-order valence-corrected chi connectivity index (χ2v) is 12.3. The molecule has 0 unspecified atom stereocenters. The Morgan fingerprint density at radius 1 is 0.943 bits per heavy atom. The summed E-state index contributed by atoms with van der Waals surface area (Å²) in [6.45, 7) is 6.99. The van der Waals surface area contributed by atoms with Crippen molar-refractivity contribution in [1.29, 1.82) is 0 Å². The fourth-order valence-electron chi connectivity index (χ4n) is 4.95. The topological polar surface area (TPSA) is 70.2 Å². The van der Waals surface area contributed by atoms with Crippen LogP contribution in [0.1, 0.15) is 22.6 Å². The molecule has 2 aromatic carbocycles. The molecule has 0 N–H and O–H groups in total. The number of benzene rings is 2. The van der Waals surface area contributed by atoms with Gasteiger partial charge in [-0.25, -0.2) is 13.2 Å². The number of carbonyl (C=O) groups is 1. The van der Waals surface area contributed by atoms with E-state index in [9.17, 15) is 13.2 Å². The Bertz CT molecular complexity index is 1180. The number of carbonyl (C=O) groups excluding carboxylic acids is 1. The molecule has 4 rings (SSSR count). The Kier molecular flexibility index (Phi) is 7.86. The highest BCUT2D eigenvalue weighted by Crippen LogP contribution is 2.36. The molecule has 0 bridgehead atoms. The first-order valence-electron chi connectivity index (χ1n) is 11.7. The van der Waals surface area contributed by atoms with Gasteiger partial charge in [-0.2, -0.15) is 4.31 Å². The van der Waals surface area contributed by atoms with Crippen LogP contribution in [0.2, 0.25) is 10.0 Å². The Balaban J connectivity index is 1.49. The number of likely N-dealkylation sites (tertiary alicyclic amines) is 1. The van der Waals surface area contributed by atoms with E-state index in [2.05, 4.69) is 6.07 Å². The molecule has 2 atom stereocenters. The number of sulfonamides is 1. The van der Waals surface area contributed by atoms with Gasteiger partial charge >= 0.3 is 6.03 Å². The van der Waals surface area contributed by atoms with Crippen LogP contribution in [-0.2, 0) is 10.0 Å². The molecule has 0 radical (unpaired) electrons. The molecule has 190 valence electrons. The molecule has 2 fully saturated rings. The summed E-state index contributed by atoms with van der Waals surface area (Å²) in [6.07, 6.45) is 1.20. The molecule has 0 spiro atoms. The standard InChI is InChI=1S/C25H31Cl2N3O4S/c1-17-10-18(2)12-21(11-17)34-16-20-14-29(15-22(20)19-4-5-23(26)24(27)13-19)25(31)28-6-8-30(9-7-28)35(3,32)33/h4-5,10-13,20,22H,6-9,14-16H2,1-3H3/t20-,22-/m0/s1. The molecule has 2 saturated heterocycles. The summed E-state index contributed by atoms with van der Waals surface area (Å²) in [5, 5.41) is 0.980. The maximum atomic E-state index is 13.4. The fraction of sp³-hybridized carbons (Fsp3) is 0.480. The zero-order valence-corrected chi connectivity index (χ0v) is 22.5. The number of halogens is 2. The molecule has 7 nitrogen and oxygen atoms in total. The van der Waals surface area contributed by atoms with Crippen LogP contribution in [0.25, 0.3) is 0 Å². The Morgan fingerprint density at radius 2 is 1.60 bits per heavy atom. The lowest BCUT2D eigenvalue weighted by Crippen LogP contribution is -2.53. The van der Waals surface area contributed by atoms with Gasteiger partial charge in [0.05, 0.1) is 22.9 Å². The SMILES string of the molecule is Cc1cc(C)cc(OC[C@@H]2CN(C(=O)N3CCN(S(C)(=O)=O)CC3)C[C@H]2c2ccc(Cl)c(Cl)c2)c1. The zero-order chi connectivity index (χ0) is 25.3. The van der Waals surface area contributed by atoms with E-state index < -0.39 is 10.0 Å². The minimum absolute atomic E-state index is 0.0388. The van der Waals surface area contributed by atoms with E-state index in [1.165, 1.54) is 10.6 Å². The van der Waals surface area contributed by atoms with Crippen LogP contribution in [0.4, 0.5) is 4.79 Å². The molecule has 10 heteroatoms. The summed E-state index contributed by atoms with van der Waals surface area (Å²) in [7, 11) is -3.25. The number of ether oxygens (including phenoxy) is 1. The third-order valence-electron chi connectivity index (χ3n) is 6.72. The first-order chi connectivity index (χ1) is 16.5. The molecule has 2 aliphatic rings. The van der Waals surface area contributed by atoms with Crippen molar-refractivity contribution in [2.45, 2.75) is 19.8 Å². The lowest BCUT2D eigenvalue weighted by molar-refractivity contribution is 0.139. The highest BCUT2D eigenvalue weighted by molar-refractivity contribution is 7.88. The molecule has 35 heavy (non-hydrogen) atoms. The number of urea groups is 1. The van der Waals surface area contributed by atoms with Crippen LogP contribution < -0.4 is 4.74 Å². The molecular weight excluding hydrogens is 509 g/mol. The molecule has 2 heterocycles. The average molecular weight is 541 g/mol. The Hall–Kier alpha value is -2.00. The molecule has 2 aromatic rings. The molecule has 2 amide bonds. The normalized spacial score (nSPS) is 21.4. The van der Waals surface area contributed by atoms with Crippen molar-refractivity contribution in [3.63, 3.8) is 0 Å². The largest absolute Gasteiger partial charge is 0.493 e. The number of hydrogen-bond acceptors (Lipinski definition) is 4. The van der Waals surface area contributed by atoms with Crippen LogP contribution in [-0.4, -0.2) is 80.7 Å². The third-order valence-corrected chi connectivity index (χ3v) is 8.76. The van der Waals surface area contributed by atoms with Crippen molar-refractivity contribution in [3.05, 3.63) is 63.1 Å². The van der Waals surface area contributed by atoms with E-state index >= 15 is 0 Å². The number of nitrogens with zero attached hydrogens (tertiary/aromatic N) is 3. The molecule has 0 aromatic heterocycles. The lowest BCUT2D eigenvalue weighted by atomic mass is 9.89. The van der Waals surface area contributed by atoms with Gasteiger partial charge in [-0.3, -0.25) is 0 Å². The van der Waals surface area contributed by atoms with Gasteiger partial charge in [0.25, 0.3) is 0 Å². The van der Waals surface area contributed by atoms with Gasteiger partial charge in [0.2, 0.25) is 10.0 Å². The summed E-state index contributed by atoms with van der Waals surface area (Å²) >= 11 is 12.5. The first kappa shape index (κ1) is 26.1. The van der Waals surface area contributed by atoms with Crippen LogP contribution >= 0.6 is 23.2 Å². The van der Waals surface area contributed by atoms with E-state index in [0.717, 1.165) is 22.4 Å². The predicted molar refractivity (Wildman–Crippen MR) is 139 cm³/mol. The predicted octanol–water partition coefficient (Wildman–Crippen LogP) is 4.40. The van der Waals surface area contributed by atoms with Crippen LogP contribution in [0.5, 0.6) is 5.75 Å². The van der Waals surface area contributed by atoms with Crippen LogP contribution in [0, 0.1) is 19.8 Å². The quantitative estimate of drug-likeness (QED) is 0.564. The maximum absolute atomic E-state index is 13.4. The number of amides is 2. The highest BCUT2D eigenvalue weighted by Gasteiger charge is 2.39. The van der Waals surface area contributed by atoms with E-state index in [0.29, 0.717) is 55.9 Å². The monoisotopic (exact) mass is 539 g/mol. The van der Waals surface area contributed by atoms with Gasteiger partial charge in [-0.15, -0.1) is 0 Å². The number of rotatable bonds is 5. The summed E-state index contributed by atoms with van der Waals surface area (Å²) in [6, 6.07) is 11.7. The smallest absolute Gasteiger partial charge is 0.320 e. The number of hydrogen-bond donors (Lipinski definition) is 0. The van der Waals surface area contributed by atoms with E-state index in [4.69, 9.17) is 27.9 Å². The molecule has 0 saturated carbocycles. The van der Waals surface area contributed by atoms with Gasteiger partial charge in [0.15, 0.2) is 0 Å². The number of piperazine rings is 1. The number of aryl methyl sites for hydroxylation is 2. The second-order valence-electron chi connectivity index (χ2n) is 9.51. The minimum Gasteiger partial charge on any atom is -0.493 e. The van der Waals surface area contributed by atoms with Crippen molar-refractivity contribution in [2.75, 3.05) is 52.1 Å². The summed E-state index contributed by atoms with van der Waals surface area (Å²) in [4.78, 5) is 16.9. The summed E-state index contributed by atoms with van der Waals surface area (Å²) < 4.78 is 31.3. The van der Waals surface area contributed by atoms with Crippen LogP contribution in [0.15, 0.2) is 36.4 Å². The van der Waals surface area contributed by atoms with Gasteiger partial charge in [0.1, 0.15) is 5.75 Å². The highest BCUT2D eigenvalue weighted by atomic mass is 35.5. The average Bonchev–Trinajstić information content (AvgIpc) is 3.22. The van der Waals surface area contributed by atoms with E-state index in [1.807, 2.05) is 43.0 Å².